The van der Waals surface area contributed by atoms with Gasteiger partial charge >= 0.3 is 0 Å². The maximum absolute atomic E-state index is 5.64. The largest absolute Gasteiger partial charge is 0.391 e. The maximum Gasteiger partial charge on any atom is 0.191 e. The van der Waals surface area contributed by atoms with Crippen LogP contribution in [0.5, 0.6) is 0 Å². The van der Waals surface area contributed by atoms with E-state index in [1.807, 2.05) is 10.6 Å². The van der Waals surface area contributed by atoms with E-state index in [9.17, 15) is 0 Å². The van der Waals surface area contributed by atoms with Crippen molar-refractivity contribution in [2.45, 2.75) is 44.1 Å². The third-order valence-electron chi connectivity index (χ3n) is 2.89. The van der Waals surface area contributed by atoms with E-state index in [0.29, 0.717) is 13.1 Å². The van der Waals surface area contributed by atoms with Gasteiger partial charge in [0.1, 0.15) is 11.9 Å². The van der Waals surface area contributed by atoms with Crippen molar-refractivity contribution in [3.63, 3.8) is 0 Å². The van der Waals surface area contributed by atoms with Crippen LogP contribution in [0.2, 0.25) is 0 Å². The standard InChI is InChI=1S/C12H19N5OS/c1-3-5-17-11(7-13)14-15-12(17)19-8-10-6-9(4-2)16-18-10/h3,10H,1,4-8,13H2,2H3/t10-/m1/s1. The van der Waals surface area contributed by atoms with Crippen molar-refractivity contribution in [1.29, 1.82) is 0 Å². The van der Waals surface area contributed by atoms with Crippen LogP contribution in [-0.2, 0) is 17.9 Å². The first-order chi connectivity index (χ1) is 9.28. The zero-order valence-corrected chi connectivity index (χ0v) is 11.9. The number of oxime groups is 1. The fraction of sp³-hybridized carbons (Fsp3) is 0.583. The zero-order chi connectivity index (χ0) is 13.7. The van der Waals surface area contributed by atoms with Crippen molar-refractivity contribution in [1.82, 2.24) is 14.8 Å². The van der Waals surface area contributed by atoms with E-state index >= 15 is 0 Å². The van der Waals surface area contributed by atoms with Crippen LogP contribution < -0.4 is 5.73 Å². The van der Waals surface area contributed by atoms with Crippen LogP contribution in [0.1, 0.15) is 25.6 Å². The van der Waals surface area contributed by atoms with Gasteiger partial charge in [-0.15, -0.1) is 16.8 Å². The lowest BCUT2D eigenvalue weighted by Gasteiger charge is -2.09. The number of hydrogen-bond donors (Lipinski definition) is 1. The van der Waals surface area contributed by atoms with Crippen molar-refractivity contribution >= 4 is 17.5 Å². The van der Waals surface area contributed by atoms with Crippen molar-refractivity contribution in [3.8, 4) is 0 Å². The third-order valence-corrected chi connectivity index (χ3v) is 3.99. The smallest absolute Gasteiger partial charge is 0.191 e. The molecule has 0 radical (unpaired) electrons. The minimum absolute atomic E-state index is 0.134. The summed E-state index contributed by atoms with van der Waals surface area (Å²) < 4.78 is 1.98. The lowest BCUT2D eigenvalue weighted by atomic mass is 10.2. The highest BCUT2D eigenvalue weighted by Gasteiger charge is 2.21. The SMILES string of the molecule is C=CCn1c(CN)nnc1SC[C@H]1CC(CC)=NO1. The molecule has 0 aromatic carbocycles. The Kier molecular flexibility index (Phi) is 4.98. The van der Waals surface area contributed by atoms with Gasteiger partial charge in [-0.2, -0.15) is 0 Å². The van der Waals surface area contributed by atoms with Gasteiger partial charge in [-0.05, 0) is 6.42 Å². The third kappa shape index (κ3) is 3.36. The molecule has 0 spiro atoms. The van der Waals surface area contributed by atoms with Gasteiger partial charge in [0.25, 0.3) is 0 Å². The molecule has 104 valence electrons. The van der Waals surface area contributed by atoms with Gasteiger partial charge in [0.2, 0.25) is 0 Å². The number of nitrogens with zero attached hydrogens (tertiary/aromatic N) is 4. The van der Waals surface area contributed by atoms with Gasteiger partial charge < -0.3 is 15.1 Å². The van der Waals surface area contributed by atoms with E-state index in [1.165, 1.54) is 0 Å². The van der Waals surface area contributed by atoms with Crippen molar-refractivity contribution in [2.24, 2.45) is 10.9 Å². The topological polar surface area (TPSA) is 78.3 Å². The summed E-state index contributed by atoms with van der Waals surface area (Å²) in [5.41, 5.74) is 6.76. The molecule has 19 heavy (non-hydrogen) atoms. The Labute approximate surface area is 117 Å². The predicted molar refractivity (Wildman–Crippen MR) is 76.1 cm³/mol. The molecule has 1 aromatic heterocycles. The minimum atomic E-state index is 0.134. The number of nitrogens with two attached hydrogens (primary N) is 1. The number of thioether (sulfide) groups is 1. The first-order valence-corrected chi connectivity index (χ1v) is 7.34. The summed E-state index contributed by atoms with van der Waals surface area (Å²) in [6, 6.07) is 0. The van der Waals surface area contributed by atoms with Crippen molar-refractivity contribution < 1.29 is 4.84 Å². The molecule has 0 saturated carbocycles. The van der Waals surface area contributed by atoms with Crippen LogP contribution >= 0.6 is 11.8 Å². The summed E-state index contributed by atoms with van der Waals surface area (Å²) in [7, 11) is 0. The summed E-state index contributed by atoms with van der Waals surface area (Å²) in [6.45, 7) is 6.88. The molecule has 1 aromatic rings. The van der Waals surface area contributed by atoms with Gasteiger partial charge in [0, 0.05) is 18.7 Å². The molecule has 2 N–H and O–H groups in total. The first-order valence-electron chi connectivity index (χ1n) is 6.35. The lowest BCUT2D eigenvalue weighted by molar-refractivity contribution is 0.103. The predicted octanol–water partition coefficient (Wildman–Crippen LogP) is 1.57. The van der Waals surface area contributed by atoms with Gasteiger partial charge in [-0.1, -0.05) is 29.9 Å². The van der Waals surface area contributed by atoms with Crippen LogP contribution in [0.3, 0.4) is 0 Å². The molecule has 0 fully saturated rings. The Morgan fingerprint density at radius 3 is 3.05 bits per heavy atom. The second kappa shape index (κ2) is 6.72. The van der Waals surface area contributed by atoms with Crippen molar-refractivity contribution in [3.05, 3.63) is 18.5 Å². The monoisotopic (exact) mass is 281 g/mol. The van der Waals surface area contributed by atoms with Crippen molar-refractivity contribution in [2.75, 3.05) is 5.75 Å². The van der Waals surface area contributed by atoms with Gasteiger partial charge in [-0.3, -0.25) is 0 Å². The molecule has 0 amide bonds. The second-order valence-electron chi connectivity index (χ2n) is 4.26. The van der Waals surface area contributed by atoms with Crippen LogP contribution in [0, 0.1) is 0 Å². The second-order valence-corrected chi connectivity index (χ2v) is 5.24. The number of aromatic nitrogens is 3. The zero-order valence-electron chi connectivity index (χ0n) is 11.1. The Balaban J connectivity index is 1.93. The molecular formula is C12H19N5OS. The van der Waals surface area contributed by atoms with E-state index < -0.39 is 0 Å². The fourth-order valence-corrected chi connectivity index (χ4v) is 2.79. The van der Waals surface area contributed by atoms with Gasteiger partial charge in [-0.25, -0.2) is 0 Å². The summed E-state index contributed by atoms with van der Waals surface area (Å²) in [4.78, 5) is 5.38. The molecule has 6 nitrogen and oxygen atoms in total. The highest BCUT2D eigenvalue weighted by Crippen LogP contribution is 2.23. The molecule has 1 aliphatic rings. The van der Waals surface area contributed by atoms with Crippen LogP contribution in [0.25, 0.3) is 0 Å². The summed E-state index contributed by atoms with van der Waals surface area (Å²) >= 11 is 1.62. The summed E-state index contributed by atoms with van der Waals surface area (Å²) in [5.74, 6) is 1.59. The molecule has 0 saturated heterocycles. The minimum Gasteiger partial charge on any atom is -0.391 e. The molecule has 0 aliphatic carbocycles. The average molecular weight is 281 g/mol. The molecule has 0 unspecified atom stereocenters. The Morgan fingerprint density at radius 2 is 2.42 bits per heavy atom. The Hall–Kier alpha value is -1.34. The van der Waals surface area contributed by atoms with Crippen LogP contribution in [-0.4, -0.2) is 32.3 Å². The Bertz CT molecular complexity index is 471. The molecule has 7 heteroatoms. The molecule has 1 atom stereocenters. The number of rotatable bonds is 7. The summed E-state index contributed by atoms with van der Waals surface area (Å²) in [5, 5.41) is 13.1. The quantitative estimate of drug-likeness (QED) is 0.606. The van der Waals surface area contributed by atoms with E-state index in [1.54, 1.807) is 11.8 Å². The fourth-order valence-electron chi connectivity index (χ4n) is 1.84. The molecule has 2 rings (SSSR count). The first kappa shape index (κ1) is 14.1. The molecule has 2 heterocycles. The number of hydrogen-bond acceptors (Lipinski definition) is 6. The Morgan fingerprint density at radius 1 is 1.58 bits per heavy atom. The normalized spacial score (nSPS) is 18.2. The van der Waals surface area contributed by atoms with E-state index in [-0.39, 0.29) is 6.10 Å². The van der Waals surface area contributed by atoms with Gasteiger partial charge in [0.05, 0.1) is 12.3 Å². The van der Waals surface area contributed by atoms with E-state index in [2.05, 4.69) is 28.9 Å². The molecular weight excluding hydrogens is 262 g/mol. The van der Waals surface area contributed by atoms with E-state index in [4.69, 9.17) is 10.6 Å². The average Bonchev–Trinajstić information content (AvgIpc) is 3.03. The van der Waals surface area contributed by atoms with Crippen LogP contribution in [0.4, 0.5) is 0 Å². The number of allylic oxidation sites excluding steroid dienone is 1. The summed E-state index contributed by atoms with van der Waals surface area (Å²) in [6.07, 6.45) is 3.81. The highest BCUT2D eigenvalue weighted by molar-refractivity contribution is 7.99. The van der Waals surface area contributed by atoms with Gasteiger partial charge in [0.15, 0.2) is 5.16 Å². The molecule has 0 bridgehead atoms. The molecule has 1 aliphatic heterocycles. The van der Waals surface area contributed by atoms with E-state index in [0.717, 1.165) is 35.3 Å². The highest BCUT2D eigenvalue weighted by atomic mass is 32.2. The van der Waals surface area contributed by atoms with Crippen LogP contribution in [0.15, 0.2) is 23.0 Å². The lowest BCUT2D eigenvalue weighted by Crippen LogP contribution is -2.12. The maximum atomic E-state index is 5.64.